The first-order chi connectivity index (χ1) is 7.31. The highest BCUT2D eigenvalue weighted by Gasteiger charge is 2.82. The highest BCUT2D eigenvalue weighted by Crippen LogP contribution is 2.53. The zero-order chi connectivity index (χ0) is 14.1. The fraction of sp³-hybridized carbons (Fsp3) is 1.00. The van der Waals surface area contributed by atoms with Crippen molar-refractivity contribution in [1.29, 1.82) is 0 Å². The summed E-state index contributed by atoms with van der Waals surface area (Å²) in [6.45, 7) is -2.79. The lowest BCUT2D eigenvalue weighted by atomic mass is 10.1. The van der Waals surface area contributed by atoms with Crippen molar-refractivity contribution in [1.82, 2.24) is 0 Å². The summed E-state index contributed by atoms with van der Waals surface area (Å²) in [4.78, 5) is 0. The average Bonchev–Trinajstić information content (AvgIpc) is 2.12. The van der Waals surface area contributed by atoms with Gasteiger partial charge in [0.05, 0.1) is 13.2 Å². The van der Waals surface area contributed by atoms with E-state index in [1.54, 1.807) is 0 Å². The van der Waals surface area contributed by atoms with E-state index >= 15 is 0 Å². The lowest BCUT2D eigenvalue weighted by Crippen LogP contribution is -2.61. The van der Waals surface area contributed by atoms with Gasteiger partial charge in [-0.2, -0.15) is 39.5 Å². The third-order valence-electron chi connectivity index (χ3n) is 1.49. The van der Waals surface area contributed by atoms with Gasteiger partial charge in [0.1, 0.15) is 0 Å². The molecule has 1 N–H and O–H groups in total. The van der Waals surface area contributed by atoms with Crippen molar-refractivity contribution >= 4 is 0 Å². The maximum Gasteiger partial charge on any atom is 0.460 e. The minimum absolute atomic E-state index is 1.26. The molecule has 17 heavy (non-hydrogen) atoms. The molecule has 11 heteroatoms. The molecule has 0 aliphatic carbocycles. The molecule has 0 unspecified atom stereocenters. The van der Waals surface area contributed by atoms with E-state index in [4.69, 9.17) is 5.11 Å². The van der Waals surface area contributed by atoms with E-state index in [1.165, 1.54) is 0 Å². The topological polar surface area (TPSA) is 29.5 Å². The Labute approximate surface area is 88.0 Å². The molecule has 0 radical (unpaired) electrons. The first-order valence-electron chi connectivity index (χ1n) is 3.76. The molecular weight excluding hydrogens is 275 g/mol. The number of aliphatic hydroxyl groups is 1. The van der Waals surface area contributed by atoms with Crippen LogP contribution >= 0.6 is 0 Å². The predicted octanol–water partition coefficient (Wildman–Crippen LogP) is 2.42. The third kappa shape index (κ3) is 2.76. The van der Waals surface area contributed by atoms with Gasteiger partial charge >= 0.3 is 24.1 Å². The van der Waals surface area contributed by atoms with Crippen molar-refractivity contribution in [3.8, 4) is 0 Å². The van der Waals surface area contributed by atoms with Crippen LogP contribution in [0.15, 0.2) is 0 Å². The molecule has 2 nitrogen and oxygen atoms in total. The Hall–Kier alpha value is -0.710. The molecule has 0 saturated carbocycles. The molecule has 104 valence electrons. The molecule has 0 saturated heterocycles. The Bertz CT molecular complexity index is 259. The smallest absolute Gasteiger partial charge is 0.394 e. The maximum absolute atomic E-state index is 12.4. The Morgan fingerprint density at radius 1 is 0.765 bits per heavy atom. The van der Waals surface area contributed by atoms with Crippen LogP contribution in [0.5, 0.6) is 0 Å². The van der Waals surface area contributed by atoms with Crippen LogP contribution in [0.3, 0.4) is 0 Å². The summed E-state index contributed by atoms with van der Waals surface area (Å²) in [6.07, 6.45) is -12.9. The molecule has 0 atom stereocenters. The maximum atomic E-state index is 12.4. The van der Waals surface area contributed by atoms with Gasteiger partial charge in [0.2, 0.25) is 0 Å². The van der Waals surface area contributed by atoms with Gasteiger partial charge in [-0.05, 0) is 0 Å². The summed E-state index contributed by atoms with van der Waals surface area (Å²) in [5.74, 6) is -13.8. The summed E-state index contributed by atoms with van der Waals surface area (Å²) in [6, 6.07) is 0. The van der Waals surface area contributed by atoms with Crippen LogP contribution in [0, 0.1) is 0 Å². The highest BCUT2D eigenvalue weighted by molar-refractivity contribution is 4.96. The van der Waals surface area contributed by atoms with Crippen molar-refractivity contribution in [3.63, 3.8) is 0 Å². The van der Waals surface area contributed by atoms with Crippen LogP contribution in [0.2, 0.25) is 0 Å². The number of hydrogen-bond acceptors (Lipinski definition) is 2. The SMILES string of the molecule is OCCOC(F)(F)C(F)(F)C(F)(F)C(F)(F)F. The summed E-state index contributed by atoms with van der Waals surface area (Å²) in [5.41, 5.74) is 0. The molecular formula is C6H5F9O2. The molecule has 0 amide bonds. The Kier molecular flexibility index (Phi) is 4.33. The molecule has 0 heterocycles. The van der Waals surface area contributed by atoms with Crippen LogP contribution in [0.25, 0.3) is 0 Å². The number of halogens is 9. The van der Waals surface area contributed by atoms with Crippen molar-refractivity contribution in [2.24, 2.45) is 0 Å². The first-order valence-corrected chi connectivity index (χ1v) is 3.76. The van der Waals surface area contributed by atoms with E-state index in [0.717, 1.165) is 0 Å². The summed E-state index contributed by atoms with van der Waals surface area (Å²) in [5, 5.41) is 7.95. The van der Waals surface area contributed by atoms with Gasteiger partial charge in [0.15, 0.2) is 0 Å². The van der Waals surface area contributed by atoms with Gasteiger partial charge in [0, 0.05) is 0 Å². The Morgan fingerprint density at radius 3 is 1.47 bits per heavy atom. The summed E-state index contributed by atoms with van der Waals surface area (Å²) in [7, 11) is 0. The average molecular weight is 280 g/mol. The molecule has 0 aromatic heterocycles. The van der Waals surface area contributed by atoms with E-state index in [1.807, 2.05) is 0 Å². The van der Waals surface area contributed by atoms with Crippen molar-refractivity contribution in [2.45, 2.75) is 24.1 Å². The first kappa shape index (κ1) is 16.3. The number of aliphatic hydroxyl groups excluding tert-OH is 1. The van der Waals surface area contributed by atoms with Crippen LogP contribution in [0.4, 0.5) is 39.5 Å². The molecule has 0 aliphatic heterocycles. The molecule has 0 fully saturated rings. The van der Waals surface area contributed by atoms with Crippen molar-refractivity contribution < 1.29 is 49.4 Å². The second-order valence-electron chi connectivity index (χ2n) is 2.74. The molecule has 0 spiro atoms. The van der Waals surface area contributed by atoms with Gasteiger partial charge < -0.3 is 9.84 Å². The molecule has 0 aliphatic rings. The van der Waals surface area contributed by atoms with Gasteiger partial charge in [0.25, 0.3) is 0 Å². The van der Waals surface area contributed by atoms with Gasteiger partial charge in [-0.25, -0.2) is 0 Å². The number of rotatable bonds is 5. The standard InChI is InChI=1S/C6H5F9O2/c7-3(8,5(11,12)13)4(9,10)6(14,15)17-2-1-16/h16H,1-2H2. The highest BCUT2D eigenvalue weighted by atomic mass is 19.4. The minimum Gasteiger partial charge on any atom is -0.394 e. The Morgan fingerprint density at radius 2 is 1.18 bits per heavy atom. The Balaban J connectivity index is 5.24. The largest absolute Gasteiger partial charge is 0.460 e. The van der Waals surface area contributed by atoms with Crippen LogP contribution in [-0.2, 0) is 4.74 Å². The molecule has 0 rings (SSSR count). The number of ether oxygens (including phenoxy) is 1. The van der Waals surface area contributed by atoms with Gasteiger partial charge in [-0.1, -0.05) is 0 Å². The van der Waals surface area contributed by atoms with E-state index < -0.39 is 37.3 Å². The predicted molar refractivity (Wildman–Crippen MR) is 33.9 cm³/mol. The second-order valence-corrected chi connectivity index (χ2v) is 2.74. The fourth-order valence-electron chi connectivity index (χ4n) is 0.625. The monoisotopic (exact) mass is 280 g/mol. The normalized spacial score (nSPS) is 15.2. The van der Waals surface area contributed by atoms with Crippen LogP contribution < -0.4 is 0 Å². The van der Waals surface area contributed by atoms with Crippen LogP contribution in [-0.4, -0.2) is 42.5 Å². The van der Waals surface area contributed by atoms with E-state index in [0.29, 0.717) is 0 Å². The molecule has 0 aromatic carbocycles. The summed E-state index contributed by atoms with van der Waals surface area (Å²) >= 11 is 0. The number of alkyl halides is 9. The molecule has 0 aromatic rings. The second kappa shape index (κ2) is 4.52. The van der Waals surface area contributed by atoms with Gasteiger partial charge in [-0.15, -0.1) is 0 Å². The van der Waals surface area contributed by atoms with Crippen LogP contribution in [0.1, 0.15) is 0 Å². The lowest BCUT2D eigenvalue weighted by molar-refractivity contribution is -0.444. The van der Waals surface area contributed by atoms with Crippen molar-refractivity contribution in [3.05, 3.63) is 0 Å². The summed E-state index contributed by atoms with van der Waals surface area (Å²) < 4.78 is 111. The zero-order valence-electron chi connectivity index (χ0n) is 7.67. The van der Waals surface area contributed by atoms with Crippen molar-refractivity contribution in [2.75, 3.05) is 13.2 Å². The third-order valence-corrected chi connectivity index (χ3v) is 1.49. The molecule has 0 bridgehead atoms. The van der Waals surface area contributed by atoms with E-state index in [-0.39, 0.29) is 0 Å². The quantitative estimate of drug-likeness (QED) is 0.784. The van der Waals surface area contributed by atoms with Gasteiger partial charge in [-0.3, -0.25) is 0 Å². The van der Waals surface area contributed by atoms with E-state index in [2.05, 4.69) is 4.74 Å². The fourth-order valence-corrected chi connectivity index (χ4v) is 0.625. The minimum atomic E-state index is -6.97. The number of hydrogen-bond donors (Lipinski definition) is 1. The van der Waals surface area contributed by atoms with E-state index in [9.17, 15) is 39.5 Å². The lowest BCUT2D eigenvalue weighted by Gasteiger charge is -2.32. The zero-order valence-corrected chi connectivity index (χ0v) is 7.67.